The van der Waals surface area contributed by atoms with Crippen molar-refractivity contribution in [1.29, 1.82) is 0 Å². The van der Waals surface area contributed by atoms with Crippen LogP contribution in [0.3, 0.4) is 0 Å². The Kier molecular flexibility index (Phi) is 4.76. The van der Waals surface area contributed by atoms with Crippen molar-refractivity contribution in [2.24, 2.45) is 0 Å². The molecule has 0 saturated carbocycles. The number of carbonyl (C=O) groups excluding carboxylic acids is 2. The molecule has 0 saturated heterocycles. The van der Waals surface area contributed by atoms with Crippen molar-refractivity contribution >= 4 is 11.8 Å². The van der Waals surface area contributed by atoms with Crippen LogP contribution in [-0.4, -0.2) is 16.9 Å². The molecule has 0 heterocycles. The standard InChI is InChI=1S/C20H16N2O3/c23-16-12-10-15(11-13-16)19(24)21-22-20(25)18-9-5-4-8-17(18)14-6-2-1-3-7-14/h1-13,23H,(H,21,24)(H,22,25). The molecule has 0 aliphatic rings. The molecule has 3 N–H and O–H groups in total. The van der Waals surface area contributed by atoms with Crippen molar-refractivity contribution in [2.75, 3.05) is 0 Å². The van der Waals surface area contributed by atoms with Gasteiger partial charge in [-0.25, -0.2) is 0 Å². The second-order valence-corrected chi connectivity index (χ2v) is 5.37. The monoisotopic (exact) mass is 332 g/mol. The lowest BCUT2D eigenvalue weighted by molar-refractivity contribution is 0.0847. The molecule has 0 spiro atoms. The number of hydrogen-bond donors (Lipinski definition) is 3. The van der Waals surface area contributed by atoms with E-state index >= 15 is 0 Å². The minimum Gasteiger partial charge on any atom is -0.508 e. The molecular formula is C20H16N2O3. The fourth-order valence-electron chi connectivity index (χ4n) is 2.42. The minimum absolute atomic E-state index is 0.0670. The number of nitrogens with one attached hydrogen (secondary N) is 2. The van der Waals surface area contributed by atoms with Crippen molar-refractivity contribution < 1.29 is 14.7 Å². The lowest BCUT2D eigenvalue weighted by atomic mass is 9.99. The van der Waals surface area contributed by atoms with E-state index in [1.165, 1.54) is 24.3 Å². The van der Waals surface area contributed by atoms with Crippen LogP contribution in [0, 0.1) is 0 Å². The van der Waals surface area contributed by atoms with Gasteiger partial charge >= 0.3 is 0 Å². The van der Waals surface area contributed by atoms with Gasteiger partial charge in [-0.15, -0.1) is 0 Å². The van der Waals surface area contributed by atoms with Gasteiger partial charge in [0.2, 0.25) is 0 Å². The number of benzene rings is 3. The van der Waals surface area contributed by atoms with Gasteiger partial charge in [0, 0.05) is 11.1 Å². The molecule has 5 heteroatoms. The van der Waals surface area contributed by atoms with Crippen molar-refractivity contribution in [3.63, 3.8) is 0 Å². The first-order valence-corrected chi connectivity index (χ1v) is 7.69. The molecule has 5 nitrogen and oxygen atoms in total. The number of amides is 2. The van der Waals surface area contributed by atoms with Crippen LogP contribution in [0.1, 0.15) is 20.7 Å². The van der Waals surface area contributed by atoms with Gasteiger partial charge in [-0.3, -0.25) is 20.4 Å². The largest absolute Gasteiger partial charge is 0.508 e. The number of phenols is 1. The van der Waals surface area contributed by atoms with Crippen molar-refractivity contribution in [3.8, 4) is 16.9 Å². The van der Waals surface area contributed by atoms with Crippen LogP contribution in [0.4, 0.5) is 0 Å². The van der Waals surface area contributed by atoms with Crippen LogP contribution in [0.15, 0.2) is 78.9 Å². The van der Waals surface area contributed by atoms with Gasteiger partial charge in [0.15, 0.2) is 0 Å². The lowest BCUT2D eigenvalue weighted by Crippen LogP contribution is -2.41. The molecule has 25 heavy (non-hydrogen) atoms. The highest BCUT2D eigenvalue weighted by molar-refractivity contribution is 6.03. The summed E-state index contributed by atoms with van der Waals surface area (Å²) in [7, 11) is 0. The summed E-state index contributed by atoms with van der Waals surface area (Å²) in [6.45, 7) is 0. The third-order valence-corrected chi connectivity index (χ3v) is 3.68. The molecule has 0 aromatic heterocycles. The molecule has 0 aliphatic heterocycles. The van der Waals surface area contributed by atoms with E-state index in [-0.39, 0.29) is 5.75 Å². The Morgan fingerprint density at radius 3 is 2.00 bits per heavy atom. The Bertz CT molecular complexity index is 890. The van der Waals surface area contributed by atoms with Crippen LogP contribution in [0.25, 0.3) is 11.1 Å². The maximum Gasteiger partial charge on any atom is 0.270 e. The summed E-state index contributed by atoms with van der Waals surface area (Å²) in [4.78, 5) is 24.5. The normalized spacial score (nSPS) is 10.1. The Labute approximate surface area is 144 Å². The van der Waals surface area contributed by atoms with Crippen LogP contribution >= 0.6 is 0 Å². The predicted octanol–water partition coefficient (Wildman–Crippen LogP) is 3.13. The first-order chi connectivity index (χ1) is 12.1. The van der Waals surface area contributed by atoms with Gasteiger partial charge in [-0.1, -0.05) is 48.5 Å². The second kappa shape index (κ2) is 7.31. The smallest absolute Gasteiger partial charge is 0.270 e. The van der Waals surface area contributed by atoms with Gasteiger partial charge < -0.3 is 5.11 Å². The Morgan fingerprint density at radius 2 is 1.28 bits per heavy atom. The predicted molar refractivity (Wildman–Crippen MR) is 94.9 cm³/mol. The highest BCUT2D eigenvalue weighted by Crippen LogP contribution is 2.23. The molecule has 0 atom stereocenters. The Hall–Kier alpha value is -3.60. The first-order valence-electron chi connectivity index (χ1n) is 7.69. The van der Waals surface area contributed by atoms with Crippen LogP contribution < -0.4 is 10.9 Å². The van der Waals surface area contributed by atoms with Gasteiger partial charge in [0.05, 0.1) is 0 Å². The third kappa shape index (κ3) is 3.84. The quantitative estimate of drug-likeness (QED) is 0.645. The summed E-state index contributed by atoms with van der Waals surface area (Å²) in [6.07, 6.45) is 0. The van der Waals surface area contributed by atoms with E-state index < -0.39 is 11.8 Å². The van der Waals surface area contributed by atoms with Gasteiger partial charge in [-0.05, 0) is 41.5 Å². The van der Waals surface area contributed by atoms with Crippen molar-refractivity contribution in [2.45, 2.75) is 0 Å². The molecule has 3 aromatic rings. The first kappa shape index (κ1) is 16.3. The molecule has 2 amide bonds. The number of hydrazine groups is 1. The Balaban J connectivity index is 1.74. The molecular weight excluding hydrogens is 316 g/mol. The zero-order valence-corrected chi connectivity index (χ0v) is 13.3. The molecule has 0 aliphatic carbocycles. The van der Waals surface area contributed by atoms with Gasteiger partial charge in [0.25, 0.3) is 11.8 Å². The number of aromatic hydroxyl groups is 1. The SMILES string of the molecule is O=C(NNC(=O)c1ccccc1-c1ccccc1)c1ccc(O)cc1. The van der Waals surface area contributed by atoms with Crippen LogP contribution in [-0.2, 0) is 0 Å². The zero-order chi connectivity index (χ0) is 17.6. The van der Waals surface area contributed by atoms with E-state index in [9.17, 15) is 14.7 Å². The molecule has 0 bridgehead atoms. The summed E-state index contributed by atoms with van der Waals surface area (Å²) in [5, 5.41) is 9.24. The lowest BCUT2D eigenvalue weighted by Gasteiger charge is -2.11. The summed E-state index contributed by atoms with van der Waals surface area (Å²) < 4.78 is 0. The van der Waals surface area contributed by atoms with Crippen molar-refractivity contribution in [1.82, 2.24) is 10.9 Å². The molecule has 0 unspecified atom stereocenters. The van der Waals surface area contributed by atoms with E-state index in [1.54, 1.807) is 12.1 Å². The summed E-state index contributed by atoms with van der Waals surface area (Å²) >= 11 is 0. The average Bonchev–Trinajstić information content (AvgIpc) is 2.67. The summed E-state index contributed by atoms with van der Waals surface area (Å²) in [5.41, 5.74) is 7.27. The Morgan fingerprint density at radius 1 is 0.680 bits per heavy atom. The number of hydrogen-bond acceptors (Lipinski definition) is 3. The maximum absolute atomic E-state index is 12.5. The van der Waals surface area contributed by atoms with Gasteiger partial charge in [-0.2, -0.15) is 0 Å². The van der Waals surface area contributed by atoms with E-state index in [0.717, 1.165) is 11.1 Å². The minimum atomic E-state index is -0.467. The molecule has 3 rings (SSSR count). The molecule has 124 valence electrons. The number of rotatable bonds is 3. The molecule has 3 aromatic carbocycles. The van der Waals surface area contributed by atoms with Crippen LogP contribution in [0.2, 0.25) is 0 Å². The highest BCUT2D eigenvalue weighted by atomic mass is 16.3. The third-order valence-electron chi connectivity index (χ3n) is 3.68. The van der Waals surface area contributed by atoms with E-state index in [1.807, 2.05) is 42.5 Å². The fourth-order valence-corrected chi connectivity index (χ4v) is 2.42. The number of phenolic OH excluding ortho intramolecular Hbond substituents is 1. The van der Waals surface area contributed by atoms with Crippen molar-refractivity contribution in [3.05, 3.63) is 90.0 Å². The second-order valence-electron chi connectivity index (χ2n) is 5.37. The topological polar surface area (TPSA) is 78.4 Å². The maximum atomic E-state index is 12.5. The number of carbonyl (C=O) groups is 2. The summed E-state index contributed by atoms with van der Waals surface area (Å²) in [6, 6.07) is 22.5. The molecule has 0 fully saturated rings. The van der Waals surface area contributed by atoms with E-state index in [4.69, 9.17) is 0 Å². The van der Waals surface area contributed by atoms with E-state index in [0.29, 0.717) is 11.1 Å². The van der Waals surface area contributed by atoms with E-state index in [2.05, 4.69) is 10.9 Å². The van der Waals surface area contributed by atoms with Crippen LogP contribution in [0.5, 0.6) is 5.75 Å². The average molecular weight is 332 g/mol. The highest BCUT2D eigenvalue weighted by Gasteiger charge is 2.13. The zero-order valence-electron chi connectivity index (χ0n) is 13.3. The molecule has 0 radical (unpaired) electrons. The fraction of sp³-hybridized carbons (Fsp3) is 0. The van der Waals surface area contributed by atoms with Gasteiger partial charge in [0.1, 0.15) is 5.75 Å². The summed E-state index contributed by atoms with van der Waals surface area (Å²) in [5.74, 6) is -0.811.